The number of benzene rings is 2. The molecule has 0 fully saturated rings. The molecule has 0 spiro atoms. The third kappa shape index (κ3) is 4.28. The smallest absolute Gasteiger partial charge is 0.258 e. The van der Waals surface area contributed by atoms with Gasteiger partial charge in [0.2, 0.25) is 0 Å². The molecule has 0 aromatic heterocycles. The molecule has 0 unspecified atom stereocenters. The van der Waals surface area contributed by atoms with E-state index in [0.717, 1.165) is 12.0 Å². The van der Waals surface area contributed by atoms with E-state index in [4.69, 9.17) is 16.3 Å². The minimum Gasteiger partial charge on any atom is -0.484 e. The van der Waals surface area contributed by atoms with Crippen LogP contribution < -0.4 is 10.1 Å². The first-order valence-electron chi connectivity index (χ1n) is 7.98. The summed E-state index contributed by atoms with van der Waals surface area (Å²) in [6.45, 7) is 0.137. The second-order valence-corrected chi connectivity index (χ2v) is 6.63. The van der Waals surface area contributed by atoms with Crippen molar-refractivity contribution < 1.29 is 14.6 Å². The molecule has 0 heterocycles. The van der Waals surface area contributed by atoms with E-state index < -0.39 is 5.60 Å². The maximum atomic E-state index is 11.9. The van der Waals surface area contributed by atoms with Crippen molar-refractivity contribution >= 4 is 17.5 Å². The average molecular weight is 346 g/mol. The Morgan fingerprint density at radius 3 is 2.62 bits per heavy atom. The maximum Gasteiger partial charge on any atom is 0.258 e. The summed E-state index contributed by atoms with van der Waals surface area (Å²) < 4.78 is 5.40. The normalized spacial score (nSPS) is 19.4. The number of rotatable bonds is 5. The van der Waals surface area contributed by atoms with Gasteiger partial charge in [-0.15, -0.1) is 0 Å². The zero-order valence-corrected chi connectivity index (χ0v) is 14.1. The number of ether oxygens (including phenoxy) is 1. The molecule has 4 nitrogen and oxygen atoms in total. The van der Waals surface area contributed by atoms with E-state index in [1.807, 2.05) is 18.2 Å². The zero-order valence-electron chi connectivity index (χ0n) is 13.3. The summed E-state index contributed by atoms with van der Waals surface area (Å²) >= 11 is 5.80. The summed E-state index contributed by atoms with van der Waals surface area (Å²) in [6.07, 6.45) is 2.02. The van der Waals surface area contributed by atoms with Crippen LogP contribution in [0.25, 0.3) is 0 Å². The van der Waals surface area contributed by atoms with Crippen LogP contribution in [-0.4, -0.2) is 29.8 Å². The van der Waals surface area contributed by atoms with Crippen LogP contribution in [0.15, 0.2) is 48.5 Å². The van der Waals surface area contributed by atoms with Crippen LogP contribution in [0.1, 0.15) is 17.5 Å². The summed E-state index contributed by atoms with van der Waals surface area (Å²) in [4.78, 5) is 11.9. The Hall–Kier alpha value is -2.04. The molecule has 0 saturated heterocycles. The Balaban J connectivity index is 1.48. The van der Waals surface area contributed by atoms with Crippen LogP contribution in [0.4, 0.5) is 0 Å². The minimum atomic E-state index is -0.899. The molecule has 2 N–H and O–H groups in total. The predicted molar refractivity (Wildman–Crippen MR) is 93.4 cm³/mol. The van der Waals surface area contributed by atoms with Crippen molar-refractivity contribution in [2.24, 2.45) is 0 Å². The summed E-state index contributed by atoms with van der Waals surface area (Å²) in [5.41, 5.74) is 1.53. The minimum absolute atomic E-state index is 0.0890. The van der Waals surface area contributed by atoms with Gasteiger partial charge in [0.25, 0.3) is 5.91 Å². The van der Waals surface area contributed by atoms with Gasteiger partial charge in [0.15, 0.2) is 6.61 Å². The molecular weight excluding hydrogens is 326 g/mol. The van der Waals surface area contributed by atoms with Gasteiger partial charge in [-0.2, -0.15) is 0 Å². The van der Waals surface area contributed by atoms with Crippen molar-refractivity contribution in [1.82, 2.24) is 5.32 Å². The average Bonchev–Trinajstić information content (AvgIpc) is 2.59. The van der Waals surface area contributed by atoms with E-state index in [1.165, 1.54) is 5.56 Å². The first-order chi connectivity index (χ1) is 11.5. The van der Waals surface area contributed by atoms with Crippen LogP contribution >= 0.6 is 11.6 Å². The molecule has 2 aromatic rings. The number of aliphatic hydroxyl groups is 1. The lowest BCUT2D eigenvalue weighted by molar-refractivity contribution is -0.124. The van der Waals surface area contributed by atoms with Crippen molar-refractivity contribution in [1.29, 1.82) is 0 Å². The monoisotopic (exact) mass is 345 g/mol. The number of amides is 1. The fourth-order valence-electron chi connectivity index (χ4n) is 2.93. The number of nitrogens with one attached hydrogen (secondary N) is 1. The standard InChI is InChI=1S/C19H20ClNO3/c20-16-5-7-17(8-6-16)24-12-18(22)21-13-19(23)10-9-14-3-1-2-4-15(14)11-19/h1-8,23H,9-13H2,(H,21,22)/t19-/m1/s1. The third-order valence-electron chi connectivity index (χ3n) is 4.30. The van der Waals surface area contributed by atoms with E-state index in [-0.39, 0.29) is 19.1 Å². The number of hydrogen-bond donors (Lipinski definition) is 2. The fourth-order valence-corrected chi connectivity index (χ4v) is 3.05. The fraction of sp³-hybridized carbons (Fsp3) is 0.316. The van der Waals surface area contributed by atoms with Gasteiger partial charge in [0.1, 0.15) is 5.75 Å². The number of fused-ring (bicyclic) bond motifs is 1. The largest absolute Gasteiger partial charge is 0.484 e. The first-order valence-corrected chi connectivity index (χ1v) is 8.36. The lowest BCUT2D eigenvalue weighted by Crippen LogP contribution is -2.47. The molecule has 0 saturated carbocycles. The second-order valence-electron chi connectivity index (χ2n) is 6.19. The molecule has 0 bridgehead atoms. The Kier molecular flexibility index (Phi) is 5.07. The molecule has 1 aliphatic carbocycles. The molecule has 1 amide bonds. The predicted octanol–water partition coefficient (Wildman–Crippen LogP) is 2.76. The number of carbonyl (C=O) groups is 1. The first kappa shape index (κ1) is 16.8. The molecule has 0 radical (unpaired) electrons. The van der Waals surface area contributed by atoms with Crippen molar-refractivity contribution in [2.75, 3.05) is 13.2 Å². The molecule has 1 aliphatic rings. The van der Waals surface area contributed by atoms with E-state index in [2.05, 4.69) is 11.4 Å². The van der Waals surface area contributed by atoms with E-state index in [1.54, 1.807) is 24.3 Å². The lowest BCUT2D eigenvalue weighted by atomic mass is 9.80. The van der Waals surface area contributed by atoms with E-state index in [9.17, 15) is 9.90 Å². The molecule has 2 aromatic carbocycles. The number of hydrogen-bond acceptors (Lipinski definition) is 3. The third-order valence-corrected chi connectivity index (χ3v) is 4.55. The molecule has 0 aliphatic heterocycles. The van der Waals surface area contributed by atoms with Gasteiger partial charge < -0.3 is 15.2 Å². The van der Waals surface area contributed by atoms with Crippen molar-refractivity contribution in [3.8, 4) is 5.75 Å². The van der Waals surface area contributed by atoms with Crippen LogP contribution in [0.3, 0.4) is 0 Å². The second kappa shape index (κ2) is 7.24. The van der Waals surface area contributed by atoms with Crippen molar-refractivity contribution in [3.63, 3.8) is 0 Å². The highest BCUT2D eigenvalue weighted by Gasteiger charge is 2.32. The van der Waals surface area contributed by atoms with Crippen LogP contribution in [-0.2, 0) is 17.6 Å². The Labute approximate surface area is 146 Å². The van der Waals surface area contributed by atoms with Crippen LogP contribution in [0, 0.1) is 0 Å². The van der Waals surface area contributed by atoms with Gasteiger partial charge in [0, 0.05) is 18.0 Å². The Morgan fingerprint density at radius 2 is 1.88 bits per heavy atom. The van der Waals surface area contributed by atoms with E-state index >= 15 is 0 Å². The zero-order chi connectivity index (χ0) is 17.0. The van der Waals surface area contributed by atoms with E-state index in [0.29, 0.717) is 23.6 Å². The summed E-state index contributed by atoms with van der Waals surface area (Å²) in [5.74, 6) is 0.331. The van der Waals surface area contributed by atoms with Crippen molar-refractivity contribution in [3.05, 3.63) is 64.7 Å². The number of carbonyl (C=O) groups excluding carboxylic acids is 1. The van der Waals surface area contributed by atoms with Gasteiger partial charge >= 0.3 is 0 Å². The molecular formula is C19H20ClNO3. The SMILES string of the molecule is O=C(COc1ccc(Cl)cc1)NC[C@@]1(O)CCc2ccccc2C1. The van der Waals surface area contributed by atoms with Gasteiger partial charge in [-0.1, -0.05) is 35.9 Å². The van der Waals surface area contributed by atoms with Crippen LogP contribution in [0.2, 0.25) is 5.02 Å². The topological polar surface area (TPSA) is 58.6 Å². The quantitative estimate of drug-likeness (QED) is 0.876. The van der Waals surface area contributed by atoms with Gasteiger partial charge in [0.05, 0.1) is 5.60 Å². The number of halogens is 1. The highest BCUT2D eigenvalue weighted by Crippen LogP contribution is 2.28. The van der Waals surface area contributed by atoms with Gasteiger partial charge in [-0.05, 0) is 48.2 Å². The Morgan fingerprint density at radius 1 is 1.17 bits per heavy atom. The molecule has 5 heteroatoms. The molecule has 126 valence electrons. The maximum absolute atomic E-state index is 11.9. The van der Waals surface area contributed by atoms with Gasteiger partial charge in [-0.3, -0.25) is 4.79 Å². The van der Waals surface area contributed by atoms with Crippen molar-refractivity contribution in [2.45, 2.75) is 24.9 Å². The summed E-state index contributed by atoms with van der Waals surface area (Å²) in [5, 5.41) is 14.1. The summed E-state index contributed by atoms with van der Waals surface area (Å²) in [6, 6.07) is 14.9. The summed E-state index contributed by atoms with van der Waals surface area (Å²) in [7, 11) is 0. The van der Waals surface area contributed by atoms with Gasteiger partial charge in [-0.25, -0.2) is 0 Å². The highest BCUT2D eigenvalue weighted by molar-refractivity contribution is 6.30. The highest BCUT2D eigenvalue weighted by atomic mass is 35.5. The molecule has 1 atom stereocenters. The molecule has 24 heavy (non-hydrogen) atoms. The van der Waals surface area contributed by atoms with Crippen LogP contribution in [0.5, 0.6) is 5.75 Å². The molecule has 3 rings (SSSR count). The lowest BCUT2D eigenvalue weighted by Gasteiger charge is -2.33. The Bertz CT molecular complexity index is 717. The number of aryl methyl sites for hydroxylation is 1.